The van der Waals surface area contributed by atoms with Crippen LogP contribution in [-0.4, -0.2) is 83.4 Å². The first kappa shape index (κ1) is 22.3. The number of hydrogen-bond donors (Lipinski definition) is 1. The SMILES string of the molecule is CN1CCN(c2ccc(Nc3ncc4c(n3)N(C3CCCC3)C3(CC(=O)N(C)C3=O)C4)cc2)CC1. The van der Waals surface area contributed by atoms with Gasteiger partial charge in [-0.3, -0.25) is 14.5 Å². The first-order chi connectivity index (χ1) is 16.9. The zero-order valence-electron chi connectivity index (χ0n) is 20.5. The number of aromatic nitrogens is 2. The van der Waals surface area contributed by atoms with E-state index in [9.17, 15) is 9.59 Å². The van der Waals surface area contributed by atoms with Crippen molar-refractivity contribution in [2.45, 2.75) is 50.1 Å². The Morgan fingerprint density at radius 2 is 1.69 bits per heavy atom. The van der Waals surface area contributed by atoms with Crippen LogP contribution >= 0.6 is 0 Å². The van der Waals surface area contributed by atoms with Gasteiger partial charge in [0.1, 0.15) is 11.4 Å². The van der Waals surface area contributed by atoms with E-state index in [4.69, 9.17) is 4.98 Å². The van der Waals surface area contributed by atoms with Crippen molar-refractivity contribution in [3.05, 3.63) is 36.0 Å². The minimum atomic E-state index is -0.847. The van der Waals surface area contributed by atoms with Crippen molar-refractivity contribution >= 4 is 35.0 Å². The van der Waals surface area contributed by atoms with Crippen LogP contribution in [0.1, 0.15) is 37.7 Å². The van der Waals surface area contributed by atoms with Crippen LogP contribution in [0.4, 0.5) is 23.1 Å². The van der Waals surface area contributed by atoms with E-state index in [0.29, 0.717) is 12.4 Å². The molecule has 2 saturated heterocycles. The van der Waals surface area contributed by atoms with Crippen molar-refractivity contribution in [3.63, 3.8) is 0 Å². The molecule has 35 heavy (non-hydrogen) atoms. The van der Waals surface area contributed by atoms with E-state index in [1.165, 1.54) is 10.6 Å². The van der Waals surface area contributed by atoms with Crippen LogP contribution < -0.4 is 15.1 Å². The monoisotopic (exact) mass is 475 g/mol. The maximum Gasteiger partial charge on any atom is 0.255 e. The van der Waals surface area contributed by atoms with Gasteiger partial charge in [0.15, 0.2) is 0 Å². The van der Waals surface area contributed by atoms with Crippen LogP contribution in [0.5, 0.6) is 0 Å². The van der Waals surface area contributed by atoms with Gasteiger partial charge in [-0.25, -0.2) is 4.98 Å². The van der Waals surface area contributed by atoms with E-state index in [2.05, 4.69) is 56.3 Å². The Morgan fingerprint density at radius 1 is 0.971 bits per heavy atom. The third kappa shape index (κ3) is 3.73. The van der Waals surface area contributed by atoms with E-state index in [1.807, 2.05) is 6.20 Å². The van der Waals surface area contributed by atoms with E-state index in [-0.39, 0.29) is 24.3 Å². The number of likely N-dealkylation sites (tertiary alicyclic amines) is 1. The average Bonchev–Trinajstić information content (AvgIpc) is 3.54. The molecule has 4 aliphatic rings. The number of piperazine rings is 1. The van der Waals surface area contributed by atoms with Crippen LogP contribution in [0.15, 0.2) is 30.5 Å². The van der Waals surface area contributed by atoms with Gasteiger partial charge in [-0.15, -0.1) is 0 Å². The van der Waals surface area contributed by atoms with Crippen LogP contribution in [0.2, 0.25) is 0 Å². The van der Waals surface area contributed by atoms with Gasteiger partial charge < -0.3 is 20.0 Å². The molecule has 9 heteroatoms. The second kappa shape index (κ2) is 8.48. The van der Waals surface area contributed by atoms with Gasteiger partial charge in [0.05, 0.1) is 6.42 Å². The molecule has 4 heterocycles. The molecule has 3 fully saturated rings. The molecule has 2 amide bonds. The summed E-state index contributed by atoms with van der Waals surface area (Å²) in [4.78, 5) is 43.6. The Kier molecular flexibility index (Phi) is 5.40. The number of rotatable bonds is 4. The van der Waals surface area contributed by atoms with Crippen LogP contribution in [0.3, 0.4) is 0 Å². The molecule has 1 atom stereocenters. The van der Waals surface area contributed by atoms with Gasteiger partial charge in [-0.1, -0.05) is 12.8 Å². The van der Waals surface area contributed by atoms with Gasteiger partial charge in [0, 0.05) is 68.8 Å². The molecule has 9 nitrogen and oxygen atoms in total. The quantitative estimate of drug-likeness (QED) is 0.675. The number of nitrogens with one attached hydrogen (secondary N) is 1. The fraction of sp³-hybridized carbons (Fsp3) is 0.538. The zero-order valence-corrected chi connectivity index (χ0v) is 20.5. The highest BCUT2D eigenvalue weighted by Crippen LogP contribution is 2.47. The molecule has 6 rings (SSSR count). The zero-order chi connectivity index (χ0) is 24.2. The molecule has 1 aromatic heterocycles. The Bertz CT molecular complexity index is 1140. The summed E-state index contributed by atoms with van der Waals surface area (Å²) in [5.41, 5.74) is 2.25. The highest BCUT2D eigenvalue weighted by Gasteiger charge is 2.60. The summed E-state index contributed by atoms with van der Waals surface area (Å²) in [6.07, 6.45) is 6.86. The smallest absolute Gasteiger partial charge is 0.255 e. The number of likely N-dealkylation sites (N-methyl/N-ethyl adjacent to an activating group) is 2. The molecule has 2 aromatic rings. The van der Waals surface area contributed by atoms with Crippen molar-refractivity contribution in [1.82, 2.24) is 19.8 Å². The molecule has 1 saturated carbocycles. The number of anilines is 4. The molecule has 1 aromatic carbocycles. The number of carbonyl (C=O) groups excluding carboxylic acids is 2. The standard InChI is InChI=1S/C26H33N7O2/c1-30-11-13-32(14-12-30)20-9-7-19(8-10-20)28-25-27-17-18-15-26(16-22(34)31(2)24(26)35)33(23(18)29-25)21-5-3-4-6-21/h7-10,17,21H,3-6,11-16H2,1-2H3,(H,27,28,29). The molecular weight excluding hydrogens is 442 g/mol. The van der Waals surface area contributed by atoms with Crippen molar-refractivity contribution in [2.24, 2.45) is 0 Å². The minimum absolute atomic E-state index is 0.110. The van der Waals surface area contributed by atoms with Gasteiger partial charge >= 0.3 is 0 Å². The molecule has 0 bridgehead atoms. The van der Waals surface area contributed by atoms with Crippen LogP contribution in [-0.2, 0) is 16.0 Å². The van der Waals surface area contributed by atoms with E-state index in [1.54, 1.807) is 7.05 Å². The van der Waals surface area contributed by atoms with Crippen LogP contribution in [0, 0.1) is 0 Å². The van der Waals surface area contributed by atoms with Crippen molar-refractivity contribution in [2.75, 3.05) is 55.4 Å². The van der Waals surface area contributed by atoms with E-state index < -0.39 is 5.54 Å². The molecule has 1 unspecified atom stereocenters. The number of fused-ring (bicyclic) bond motifs is 1. The third-order valence-corrected chi connectivity index (χ3v) is 8.22. The summed E-state index contributed by atoms with van der Waals surface area (Å²) < 4.78 is 0. The van der Waals surface area contributed by atoms with E-state index in [0.717, 1.165) is 68.9 Å². The summed E-state index contributed by atoms with van der Waals surface area (Å²) in [7, 11) is 3.76. The summed E-state index contributed by atoms with van der Waals surface area (Å²) in [6, 6.07) is 8.63. The fourth-order valence-electron chi connectivity index (χ4n) is 6.22. The number of benzene rings is 1. The highest BCUT2D eigenvalue weighted by atomic mass is 16.2. The minimum Gasteiger partial charge on any atom is -0.369 e. The predicted molar refractivity (Wildman–Crippen MR) is 135 cm³/mol. The second-order valence-corrected chi connectivity index (χ2v) is 10.5. The Labute approximate surface area is 206 Å². The Morgan fingerprint density at radius 3 is 2.34 bits per heavy atom. The lowest BCUT2D eigenvalue weighted by Gasteiger charge is -2.38. The van der Waals surface area contributed by atoms with Gasteiger partial charge in [-0.2, -0.15) is 4.98 Å². The topological polar surface area (TPSA) is 84.9 Å². The highest BCUT2D eigenvalue weighted by molar-refractivity contribution is 6.11. The van der Waals surface area contributed by atoms with Crippen molar-refractivity contribution in [3.8, 4) is 0 Å². The fourth-order valence-corrected chi connectivity index (χ4v) is 6.22. The van der Waals surface area contributed by atoms with Crippen molar-refractivity contribution < 1.29 is 9.59 Å². The largest absolute Gasteiger partial charge is 0.369 e. The molecule has 3 aliphatic heterocycles. The molecule has 1 spiro atoms. The first-order valence-corrected chi connectivity index (χ1v) is 12.7. The number of amides is 2. The predicted octanol–water partition coefficient (Wildman–Crippen LogP) is 2.40. The Hall–Kier alpha value is -3.20. The summed E-state index contributed by atoms with van der Waals surface area (Å²) in [5, 5.41) is 3.35. The molecule has 0 radical (unpaired) electrons. The molecule has 184 valence electrons. The Balaban J connectivity index is 1.25. The maximum absolute atomic E-state index is 13.3. The molecular formula is C26H33N7O2. The van der Waals surface area contributed by atoms with Gasteiger partial charge in [-0.05, 0) is 44.2 Å². The third-order valence-electron chi connectivity index (χ3n) is 8.22. The van der Waals surface area contributed by atoms with Crippen LogP contribution in [0.25, 0.3) is 0 Å². The number of carbonyl (C=O) groups is 2. The number of hydrogen-bond acceptors (Lipinski definition) is 8. The summed E-state index contributed by atoms with van der Waals surface area (Å²) in [6.45, 7) is 4.22. The van der Waals surface area contributed by atoms with Gasteiger partial charge in [0.2, 0.25) is 11.9 Å². The second-order valence-electron chi connectivity index (χ2n) is 10.5. The summed E-state index contributed by atoms with van der Waals surface area (Å²) in [5.74, 6) is 1.10. The van der Waals surface area contributed by atoms with E-state index >= 15 is 0 Å². The maximum atomic E-state index is 13.3. The average molecular weight is 476 g/mol. The lowest BCUT2D eigenvalue weighted by atomic mass is 9.91. The first-order valence-electron chi connectivity index (χ1n) is 12.7. The molecule has 1 N–H and O–H groups in total. The molecule has 1 aliphatic carbocycles. The summed E-state index contributed by atoms with van der Waals surface area (Å²) >= 11 is 0. The number of nitrogens with zero attached hydrogens (tertiary/aromatic N) is 6. The normalized spacial score (nSPS) is 25.3. The van der Waals surface area contributed by atoms with Crippen molar-refractivity contribution in [1.29, 1.82) is 0 Å². The number of imide groups is 1. The van der Waals surface area contributed by atoms with Gasteiger partial charge in [0.25, 0.3) is 5.91 Å². The lowest BCUT2D eigenvalue weighted by Crippen LogP contribution is -2.56. The lowest BCUT2D eigenvalue weighted by molar-refractivity contribution is -0.138.